The Balaban J connectivity index is 1.03. The molecule has 1 N–H and O–H groups in total. The van der Waals surface area contributed by atoms with E-state index in [0.29, 0.717) is 52.0 Å². The fraction of sp³-hybridized carbons (Fsp3) is 0.458. The minimum absolute atomic E-state index is 0.0223. The van der Waals surface area contributed by atoms with Gasteiger partial charge in [-0.05, 0) is 36.7 Å². The standard InChI is InChI=1S/C24H25FN8O3S2/c25-16-9-17-19(37-23(26-17)27-21(34)11-31-5-7-32(8-6-31)14-1-2-14)10-18(16)38-24-29-28-20-3-4-22(30-33(20)24)36-15-12-35-13-15/h3-4,9-10,14-15H,1-2,5-8,11-13H2,(H,26,27,34). The molecule has 11 nitrogen and oxygen atoms in total. The van der Waals surface area contributed by atoms with E-state index in [4.69, 9.17) is 9.47 Å². The molecule has 0 bridgehead atoms. The highest BCUT2D eigenvalue weighted by Gasteiger charge is 2.31. The van der Waals surface area contributed by atoms with Crippen LogP contribution in [0, 0.1) is 5.82 Å². The summed E-state index contributed by atoms with van der Waals surface area (Å²) in [5.41, 5.74) is 1.02. The number of nitrogens with one attached hydrogen (secondary N) is 1. The van der Waals surface area contributed by atoms with Crippen LogP contribution in [0.2, 0.25) is 0 Å². The van der Waals surface area contributed by atoms with Gasteiger partial charge in [0.25, 0.3) is 0 Å². The van der Waals surface area contributed by atoms with Crippen molar-refractivity contribution in [1.29, 1.82) is 0 Å². The predicted molar refractivity (Wildman–Crippen MR) is 139 cm³/mol. The Hall–Kier alpha value is -2.91. The molecule has 14 heteroatoms. The van der Waals surface area contributed by atoms with Crippen LogP contribution in [0.15, 0.2) is 34.3 Å². The van der Waals surface area contributed by atoms with E-state index < -0.39 is 5.82 Å². The number of nitrogens with zero attached hydrogens (tertiary/aromatic N) is 7. The number of anilines is 1. The number of hydrogen-bond donors (Lipinski definition) is 1. The summed E-state index contributed by atoms with van der Waals surface area (Å²) in [6.07, 6.45) is 2.58. The Kier molecular flexibility index (Phi) is 6.36. The quantitative estimate of drug-likeness (QED) is 0.348. The number of halogens is 1. The topological polar surface area (TPSA) is 110 Å². The first-order valence-electron chi connectivity index (χ1n) is 12.6. The zero-order valence-corrected chi connectivity index (χ0v) is 22.0. The van der Waals surface area contributed by atoms with E-state index in [1.165, 1.54) is 34.8 Å². The molecule has 0 atom stereocenters. The summed E-state index contributed by atoms with van der Waals surface area (Å²) < 4.78 is 28.2. The molecule has 1 aliphatic carbocycles. The number of carbonyl (C=O) groups is 1. The molecule has 1 amide bonds. The van der Waals surface area contributed by atoms with Crippen molar-refractivity contribution in [3.63, 3.8) is 0 Å². The van der Waals surface area contributed by atoms with Crippen LogP contribution in [0.25, 0.3) is 15.9 Å². The first-order valence-corrected chi connectivity index (χ1v) is 14.2. The largest absolute Gasteiger partial charge is 0.468 e. The van der Waals surface area contributed by atoms with Gasteiger partial charge in [0, 0.05) is 44.4 Å². The lowest BCUT2D eigenvalue weighted by molar-refractivity contribution is -0.117. The van der Waals surface area contributed by atoms with Crippen molar-refractivity contribution in [3.05, 3.63) is 30.1 Å². The van der Waals surface area contributed by atoms with E-state index in [0.717, 1.165) is 48.7 Å². The van der Waals surface area contributed by atoms with Crippen molar-refractivity contribution in [2.45, 2.75) is 35.0 Å². The molecule has 38 heavy (non-hydrogen) atoms. The smallest absolute Gasteiger partial charge is 0.240 e. The van der Waals surface area contributed by atoms with Gasteiger partial charge in [-0.3, -0.25) is 14.6 Å². The van der Waals surface area contributed by atoms with Crippen LogP contribution in [0.4, 0.5) is 9.52 Å². The van der Waals surface area contributed by atoms with E-state index in [1.807, 2.05) is 0 Å². The SMILES string of the molecule is O=C(CN1CCN(C2CC2)CC1)Nc1nc2cc(F)c(Sc3nnc4ccc(OC5COC5)nn34)cc2s1. The third-order valence-corrected chi connectivity index (χ3v) is 8.74. The Morgan fingerprint density at radius 1 is 1.18 bits per heavy atom. The average molecular weight is 557 g/mol. The van der Waals surface area contributed by atoms with Gasteiger partial charge in [-0.1, -0.05) is 11.3 Å². The van der Waals surface area contributed by atoms with Crippen LogP contribution < -0.4 is 10.1 Å². The Morgan fingerprint density at radius 2 is 2.03 bits per heavy atom. The average Bonchev–Trinajstić information content (AvgIpc) is 3.55. The number of thiazole rings is 1. The number of benzene rings is 1. The van der Waals surface area contributed by atoms with Gasteiger partial charge in [-0.2, -0.15) is 4.52 Å². The molecule has 3 fully saturated rings. The Labute approximate surface area is 225 Å². The first-order chi connectivity index (χ1) is 18.6. The van der Waals surface area contributed by atoms with Crippen LogP contribution in [0.1, 0.15) is 12.8 Å². The Bertz CT molecular complexity index is 1500. The third-order valence-electron chi connectivity index (χ3n) is 6.83. The summed E-state index contributed by atoms with van der Waals surface area (Å²) in [4.78, 5) is 22.1. The molecule has 2 saturated heterocycles. The molecular formula is C24H25FN8O3S2. The normalized spacial score (nSPS) is 19.2. The lowest BCUT2D eigenvalue weighted by atomic mass is 10.3. The minimum Gasteiger partial charge on any atom is -0.468 e. The summed E-state index contributed by atoms with van der Waals surface area (Å²) in [6, 6.07) is 7.33. The van der Waals surface area contributed by atoms with Gasteiger partial charge in [0.15, 0.2) is 10.8 Å². The maximum atomic E-state index is 15.0. The van der Waals surface area contributed by atoms with Crippen molar-refractivity contribution in [2.24, 2.45) is 0 Å². The zero-order valence-electron chi connectivity index (χ0n) is 20.4. The fourth-order valence-corrected chi connectivity index (χ4v) is 6.39. The molecule has 3 aliphatic rings. The van der Waals surface area contributed by atoms with Gasteiger partial charge in [-0.15, -0.1) is 15.3 Å². The summed E-state index contributed by atoms with van der Waals surface area (Å²) in [5.74, 6) is -0.113. The van der Waals surface area contributed by atoms with Gasteiger partial charge >= 0.3 is 0 Å². The number of piperazine rings is 1. The van der Waals surface area contributed by atoms with Crippen LogP contribution >= 0.6 is 23.1 Å². The lowest BCUT2D eigenvalue weighted by Gasteiger charge is -2.34. The fourth-order valence-electron chi connectivity index (χ4n) is 4.58. The van der Waals surface area contributed by atoms with Crippen LogP contribution in [-0.4, -0.2) is 98.6 Å². The molecule has 0 unspecified atom stereocenters. The van der Waals surface area contributed by atoms with Crippen molar-refractivity contribution in [3.8, 4) is 5.88 Å². The molecular weight excluding hydrogens is 531 g/mol. The van der Waals surface area contributed by atoms with Crippen LogP contribution in [-0.2, 0) is 9.53 Å². The summed E-state index contributed by atoms with van der Waals surface area (Å²) >= 11 is 2.44. The molecule has 7 rings (SSSR count). The molecule has 1 aromatic carbocycles. The molecule has 5 heterocycles. The van der Waals surface area contributed by atoms with E-state index in [-0.39, 0.29) is 12.0 Å². The first kappa shape index (κ1) is 24.2. The number of amides is 1. The van der Waals surface area contributed by atoms with Gasteiger partial charge in [0.05, 0.1) is 34.9 Å². The predicted octanol–water partition coefficient (Wildman–Crippen LogP) is 2.52. The molecule has 198 valence electrons. The van der Waals surface area contributed by atoms with Gasteiger partial charge in [0.1, 0.15) is 11.9 Å². The van der Waals surface area contributed by atoms with Crippen molar-refractivity contribution >= 4 is 50.0 Å². The monoisotopic (exact) mass is 556 g/mol. The van der Waals surface area contributed by atoms with Crippen molar-refractivity contribution < 1.29 is 18.7 Å². The summed E-state index contributed by atoms with van der Waals surface area (Å²) in [6.45, 7) is 5.21. The number of fused-ring (bicyclic) bond motifs is 2. The summed E-state index contributed by atoms with van der Waals surface area (Å²) in [7, 11) is 0. The third kappa shape index (κ3) is 5.06. The highest BCUT2D eigenvalue weighted by molar-refractivity contribution is 7.99. The molecule has 4 aromatic rings. The second kappa shape index (κ2) is 10.0. The second-order valence-corrected chi connectivity index (χ2v) is 11.7. The maximum absolute atomic E-state index is 15.0. The van der Waals surface area contributed by atoms with Crippen LogP contribution in [0.3, 0.4) is 0 Å². The maximum Gasteiger partial charge on any atom is 0.240 e. The number of rotatable bonds is 8. The van der Waals surface area contributed by atoms with E-state index in [9.17, 15) is 4.79 Å². The minimum atomic E-state index is -0.435. The number of carbonyl (C=O) groups excluding carboxylic acids is 1. The van der Waals surface area contributed by atoms with Crippen molar-refractivity contribution in [2.75, 3.05) is 51.3 Å². The molecule has 2 aliphatic heterocycles. The molecule has 0 radical (unpaired) electrons. The highest BCUT2D eigenvalue weighted by atomic mass is 32.2. The van der Waals surface area contributed by atoms with Crippen LogP contribution in [0.5, 0.6) is 5.88 Å². The number of ether oxygens (including phenoxy) is 2. The second-order valence-electron chi connectivity index (χ2n) is 9.66. The van der Waals surface area contributed by atoms with E-state index >= 15 is 4.39 Å². The number of aromatic nitrogens is 5. The van der Waals surface area contributed by atoms with Crippen molar-refractivity contribution in [1.82, 2.24) is 34.6 Å². The van der Waals surface area contributed by atoms with Gasteiger partial charge in [-0.25, -0.2) is 9.37 Å². The van der Waals surface area contributed by atoms with E-state index in [1.54, 1.807) is 18.2 Å². The lowest BCUT2D eigenvalue weighted by Crippen LogP contribution is -2.49. The molecule has 1 saturated carbocycles. The van der Waals surface area contributed by atoms with E-state index in [2.05, 4.69) is 35.4 Å². The Morgan fingerprint density at radius 3 is 2.79 bits per heavy atom. The summed E-state index contributed by atoms with van der Waals surface area (Å²) in [5, 5.41) is 16.5. The molecule has 0 spiro atoms. The van der Waals surface area contributed by atoms with Gasteiger partial charge < -0.3 is 14.8 Å². The number of hydrogen-bond acceptors (Lipinski definition) is 11. The van der Waals surface area contributed by atoms with Gasteiger partial charge in [0.2, 0.25) is 16.9 Å². The molecule has 3 aromatic heterocycles. The zero-order chi connectivity index (χ0) is 25.6. The highest BCUT2D eigenvalue weighted by Crippen LogP contribution is 2.35.